The van der Waals surface area contributed by atoms with Crippen molar-refractivity contribution in [3.63, 3.8) is 0 Å². The highest BCUT2D eigenvalue weighted by molar-refractivity contribution is 5.32. The number of pyridine rings is 1. The van der Waals surface area contributed by atoms with E-state index in [9.17, 15) is 18.3 Å². The first kappa shape index (κ1) is 12.3. The monoisotopic (exact) mass is 247 g/mol. The number of aliphatic hydroxyl groups is 1. The van der Waals surface area contributed by atoms with E-state index in [4.69, 9.17) is 4.74 Å². The fourth-order valence-corrected chi connectivity index (χ4v) is 1.99. The second kappa shape index (κ2) is 4.27. The molecule has 1 saturated heterocycles. The lowest BCUT2D eigenvalue weighted by molar-refractivity contribution is -0.143. The van der Waals surface area contributed by atoms with Crippen LogP contribution in [0.1, 0.15) is 24.0 Å². The fourth-order valence-electron chi connectivity index (χ4n) is 1.99. The van der Waals surface area contributed by atoms with Crippen LogP contribution in [0.5, 0.6) is 0 Å². The van der Waals surface area contributed by atoms with Gasteiger partial charge >= 0.3 is 6.18 Å². The highest BCUT2D eigenvalue weighted by Crippen LogP contribution is 2.40. The molecule has 1 aliphatic rings. The van der Waals surface area contributed by atoms with Crippen molar-refractivity contribution < 1.29 is 23.0 Å². The highest BCUT2D eigenvalue weighted by atomic mass is 19.4. The molecule has 1 N–H and O–H groups in total. The molecule has 2 rings (SSSR count). The number of hydrogen-bond donors (Lipinski definition) is 1. The molecule has 1 aromatic rings. The van der Waals surface area contributed by atoms with Gasteiger partial charge in [0.15, 0.2) is 0 Å². The molecule has 1 fully saturated rings. The van der Waals surface area contributed by atoms with Crippen LogP contribution >= 0.6 is 0 Å². The summed E-state index contributed by atoms with van der Waals surface area (Å²) in [6, 6.07) is 0.892. The number of ether oxygens (including phenoxy) is 1. The second-order valence-electron chi connectivity index (χ2n) is 4.06. The third kappa shape index (κ3) is 2.42. The van der Waals surface area contributed by atoms with Gasteiger partial charge in [0, 0.05) is 44.0 Å². The van der Waals surface area contributed by atoms with E-state index in [0.29, 0.717) is 0 Å². The van der Waals surface area contributed by atoms with Crippen LogP contribution in [0.3, 0.4) is 0 Å². The van der Waals surface area contributed by atoms with Crippen molar-refractivity contribution in [2.24, 2.45) is 0 Å². The zero-order valence-electron chi connectivity index (χ0n) is 9.00. The van der Waals surface area contributed by atoms with E-state index >= 15 is 0 Å². The minimum absolute atomic E-state index is 0.155. The van der Waals surface area contributed by atoms with E-state index < -0.39 is 17.3 Å². The van der Waals surface area contributed by atoms with E-state index in [-0.39, 0.29) is 31.6 Å². The minimum atomic E-state index is -4.48. The van der Waals surface area contributed by atoms with Crippen LogP contribution in [0.4, 0.5) is 13.2 Å². The van der Waals surface area contributed by atoms with Gasteiger partial charge < -0.3 is 9.84 Å². The standard InChI is InChI=1S/C11H12F3NO2/c12-11(13,14)8-1-4-15-7-9(8)10(16)2-5-17-6-3-10/h1,4,7,16H,2-3,5-6H2. The first-order chi connectivity index (χ1) is 7.93. The molecule has 3 nitrogen and oxygen atoms in total. The van der Waals surface area contributed by atoms with Gasteiger partial charge in [-0.05, 0) is 6.07 Å². The molecule has 0 bridgehead atoms. The van der Waals surface area contributed by atoms with Crippen LogP contribution in [-0.2, 0) is 16.5 Å². The summed E-state index contributed by atoms with van der Waals surface area (Å²) in [5.74, 6) is 0. The van der Waals surface area contributed by atoms with Gasteiger partial charge in [-0.3, -0.25) is 4.98 Å². The molecule has 0 atom stereocenters. The van der Waals surface area contributed by atoms with Gasteiger partial charge in [0.1, 0.15) is 0 Å². The van der Waals surface area contributed by atoms with Gasteiger partial charge in [0.25, 0.3) is 0 Å². The molecule has 0 amide bonds. The maximum atomic E-state index is 12.8. The summed E-state index contributed by atoms with van der Waals surface area (Å²) in [7, 11) is 0. The Bertz CT molecular complexity index is 400. The maximum Gasteiger partial charge on any atom is 0.416 e. The van der Waals surface area contributed by atoms with E-state index in [1.165, 1.54) is 0 Å². The number of nitrogens with zero attached hydrogens (tertiary/aromatic N) is 1. The Kier molecular flexibility index (Phi) is 3.09. The van der Waals surface area contributed by atoms with Crippen LogP contribution in [0, 0.1) is 0 Å². The first-order valence-electron chi connectivity index (χ1n) is 5.25. The maximum absolute atomic E-state index is 12.8. The zero-order valence-corrected chi connectivity index (χ0v) is 9.00. The smallest absolute Gasteiger partial charge is 0.385 e. The molecule has 6 heteroatoms. The fraction of sp³-hybridized carbons (Fsp3) is 0.545. The number of hydrogen-bond acceptors (Lipinski definition) is 3. The third-order valence-electron chi connectivity index (χ3n) is 2.95. The molecule has 0 radical (unpaired) electrons. The Balaban J connectivity index is 2.44. The Hall–Kier alpha value is -1.14. The highest BCUT2D eigenvalue weighted by Gasteiger charge is 2.41. The normalized spacial score (nSPS) is 20.2. The van der Waals surface area contributed by atoms with Crippen LogP contribution in [0.25, 0.3) is 0 Å². The summed E-state index contributed by atoms with van der Waals surface area (Å²) in [5.41, 5.74) is -2.47. The third-order valence-corrected chi connectivity index (χ3v) is 2.95. The lowest BCUT2D eigenvalue weighted by Gasteiger charge is -2.33. The van der Waals surface area contributed by atoms with Crippen LogP contribution in [0.15, 0.2) is 18.5 Å². The largest absolute Gasteiger partial charge is 0.416 e. The summed E-state index contributed by atoms with van der Waals surface area (Å²) >= 11 is 0. The van der Waals surface area contributed by atoms with Crippen molar-refractivity contribution in [3.05, 3.63) is 29.6 Å². The Morgan fingerprint density at radius 1 is 1.29 bits per heavy atom. The molecule has 1 aromatic heterocycles. The van der Waals surface area contributed by atoms with Crippen LogP contribution in [0.2, 0.25) is 0 Å². The topological polar surface area (TPSA) is 42.4 Å². The van der Waals surface area contributed by atoms with E-state index in [0.717, 1.165) is 18.5 Å². The van der Waals surface area contributed by atoms with E-state index in [1.807, 2.05) is 0 Å². The molecular weight excluding hydrogens is 235 g/mol. The predicted molar refractivity (Wildman–Crippen MR) is 53.2 cm³/mol. The summed E-state index contributed by atoms with van der Waals surface area (Å²) < 4.78 is 43.5. The second-order valence-corrected chi connectivity index (χ2v) is 4.06. The quantitative estimate of drug-likeness (QED) is 0.826. The van der Waals surface area contributed by atoms with Gasteiger partial charge in [-0.25, -0.2) is 0 Å². The van der Waals surface area contributed by atoms with Gasteiger partial charge in [0.2, 0.25) is 0 Å². The predicted octanol–water partition coefficient (Wildman–Crippen LogP) is 2.10. The summed E-state index contributed by atoms with van der Waals surface area (Å²) in [5, 5.41) is 10.3. The molecule has 2 heterocycles. The van der Waals surface area contributed by atoms with Crippen molar-refractivity contribution in [1.82, 2.24) is 4.98 Å². The van der Waals surface area contributed by atoms with E-state index in [2.05, 4.69) is 4.98 Å². The molecule has 0 spiro atoms. The van der Waals surface area contributed by atoms with Crippen molar-refractivity contribution in [2.45, 2.75) is 24.6 Å². The molecule has 1 aliphatic heterocycles. The van der Waals surface area contributed by atoms with Gasteiger partial charge in [-0.2, -0.15) is 13.2 Å². The number of rotatable bonds is 1. The molecular formula is C11H12F3NO2. The molecule has 0 aliphatic carbocycles. The van der Waals surface area contributed by atoms with Crippen LogP contribution in [-0.4, -0.2) is 23.3 Å². The minimum Gasteiger partial charge on any atom is -0.385 e. The number of alkyl halides is 3. The number of aromatic nitrogens is 1. The Morgan fingerprint density at radius 2 is 1.94 bits per heavy atom. The molecule has 0 aromatic carbocycles. The Labute approximate surface area is 96.2 Å². The zero-order chi connectivity index (χ0) is 12.5. The first-order valence-corrected chi connectivity index (χ1v) is 5.25. The van der Waals surface area contributed by atoms with Crippen molar-refractivity contribution in [3.8, 4) is 0 Å². The Morgan fingerprint density at radius 3 is 2.53 bits per heavy atom. The summed E-state index contributed by atoms with van der Waals surface area (Å²) in [6.45, 7) is 0.505. The van der Waals surface area contributed by atoms with Gasteiger partial charge in [-0.15, -0.1) is 0 Å². The molecule has 0 unspecified atom stereocenters. The average Bonchev–Trinajstić information content (AvgIpc) is 2.29. The molecule has 94 valence electrons. The number of halogens is 3. The lowest BCUT2D eigenvalue weighted by Crippen LogP contribution is -2.35. The van der Waals surface area contributed by atoms with E-state index in [1.54, 1.807) is 0 Å². The molecule has 17 heavy (non-hydrogen) atoms. The van der Waals surface area contributed by atoms with Crippen molar-refractivity contribution in [2.75, 3.05) is 13.2 Å². The summed E-state index contributed by atoms with van der Waals surface area (Å²) in [6.07, 6.45) is -2.00. The van der Waals surface area contributed by atoms with Crippen LogP contribution < -0.4 is 0 Å². The van der Waals surface area contributed by atoms with Crippen molar-refractivity contribution in [1.29, 1.82) is 0 Å². The van der Waals surface area contributed by atoms with Gasteiger partial charge in [0.05, 0.1) is 11.2 Å². The van der Waals surface area contributed by atoms with Gasteiger partial charge in [-0.1, -0.05) is 0 Å². The molecule has 0 saturated carbocycles. The van der Waals surface area contributed by atoms with Crippen molar-refractivity contribution >= 4 is 0 Å². The summed E-state index contributed by atoms with van der Waals surface area (Å²) in [4.78, 5) is 3.68. The lowest BCUT2D eigenvalue weighted by atomic mass is 9.84. The SMILES string of the molecule is OC1(c2cnccc2C(F)(F)F)CCOCC1. The average molecular weight is 247 g/mol.